The Morgan fingerprint density at radius 3 is 2.59 bits per heavy atom. The first kappa shape index (κ1) is 20.3. The van der Waals surface area contributed by atoms with Gasteiger partial charge in [-0.05, 0) is 30.3 Å². The standard InChI is InChI=1S/C22H27N5O2/c1-23-22(26(2)16-17-10-11-20(28-3)14-21(17)29-4)24-15-18-12-13-27(25-18)19-8-6-5-7-9-19/h5-14H,15-16H2,1-4H3,(H,23,24). The number of nitrogens with one attached hydrogen (secondary N) is 1. The highest BCUT2D eigenvalue weighted by Gasteiger charge is 2.12. The van der Waals surface area contributed by atoms with Gasteiger partial charge in [-0.2, -0.15) is 5.10 Å². The van der Waals surface area contributed by atoms with E-state index in [4.69, 9.17) is 9.47 Å². The summed E-state index contributed by atoms with van der Waals surface area (Å²) >= 11 is 0. The van der Waals surface area contributed by atoms with Crippen LogP contribution in [0.15, 0.2) is 65.8 Å². The molecule has 0 aliphatic heterocycles. The minimum absolute atomic E-state index is 0.580. The molecule has 0 saturated carbocycles. The van der Waals surface area contributed by atoms with Crippen LogP contribution < -0.4 is 14.8 Å². The Morgan fingerprint density at radius 2 is 1.90 bits per heavy atom. The molecule has 1 heterocycles. The van der Waals surface area contributed by atoms with Gasteiger partial charge in [-0.15, -0.1) is 0 Å². The number of aromatic nitrogens is 2. The van der Waals surface area contributed by atoms with Crippen LogP contribution in [-0.4, -0.2) is 49.0 Å². The normalized spacial score (nSPS) is 11.2. The highest BCUT2D eigenvalue weighted by Crippen LogP contribution is 2.25. The summed E-state index contributed by atoms with van der Waals surface area (Å²) in [6, 6.07) is 17.9. The fourth-order valence-electron chi connectivity index (χ4n) is 3.05. The molecule has 0 fully saturated rings. The van der Waals surface area contributed by atoms with Crippen molar-refractivity contribution in [2.45, 2.75) is 13.1 Å². The summed E-state index contributed by atoms with van der Waals surface area (Å²) in [6.07, 6.45) is 1.96. The first-order valence-electron chi connectivity index (χ1n) is 9.37. The van der Waals surface area contributed by atoms with Gasteiger partial charge < -0.3 is 19.7 Å². The van der Waals surface area contributed by atoms with Gasteiger partial charge in [0.25, 0.3) is 0 Å². The minimum Gasteiger partial charge on any atom is -0.497 e. The van der Waals surface area contributed by atoms with E-state index < -0.39 is 0 Å². The van der Waals surface area contributed by atoms with Gasteiger partial charge in [0.1, 0.15) is 11.5 Å². The number of hydrogen-bond donors (Lipinski definition) is 1. The quantitative estimate of drug-likeness (QED) is 0.494. The molecule has 0 unspecified atom stereocenters. The van der Waals surface area contributed by atoms with E-state index >= 15 is 0 Å². The molecule has 0 atom stereocenters. The number of rotatable bonds is 7. The molecule has 0 aliphatic carbocycles. The molecule has 152 valence electrons. The van der Waals surface area contributed by atoms with Gasteiger partial charge in [-0.3, -0.25) is 4.99 Å². The third-order valence-electron chi connectivity index (χ3n) is 4.57. The predicted octanol–water partition coefficient (Wildman–Crippen LogP) is 3.10. The smallest absolute Gasteiger partial charge is 0.194 e. The number of para-hydroxylation sites is 1. The zero-order valence-corrected chi connectivity index (χ0v) is 17.3. The monoisotopic (exact) mass is 393 g/mol. The summed E-state index contributed by atoms with van der Waals surface area (Å²) < 4.78 is 12.6. The molecule has 0 bridgehead atoms. The largest absolute Gasteiger partial charge is 0.497 e. The van der Waals surface area contributed by atoms with Crippen molar-refractivity contribution in [2.75, 3.05) is 28.3 Å². The average molecular weight is 393 g/mol. The maximum absolute atomic E-state index is 5.50. The Hall–Kier alpha value is -3.48. The average Bonchev–Trinajstić information content (AvgIpc) is 3.24. The minimum atomic E-state index is 0.580. The van der Waals surface area contributed by atoms with Crippen LogP contribution in [0, 0.1) is 0 Å². The van der Waals surface area contributed by atoms with Crippen molar-refractivity contribution < 1.29 is 9.47 Å². The Balaban J connectivity index is 1.63. The lowest BCUT2D eigenvalue weighted by Gasteiger charge is -2.23. The second-order valence-electron chi connectivity index (χ2n) is 6.52. The van der Waals surface area contributed by atoms with E-state index in [-0.39, 0.29) is 0 Å². The van der Waals surface area contributed by atoms with Crippen molar-refractivity contribution in [1.29, 1.82) is 0 Å². The number of nitrogens with zero attached hydrogens (tertiary/aromatic N) is 4. The number of methoxy groups -OCH3 is 2. The zero-order valence-electron chi connectivity index (χ0n) is 17.3. The molecule has 1 N–H and O–H groups in total. The zero-order chi connectivity index (χ0) is 20.6. The molecular formula is C22H27N5O2. The van der Waals surface area contributed by atoms with Crippen LogP contribution in [0.1, 0.15) is 11.3 Å². The SMILES string of the molecule is CN=C(NCc1ccn(-c2ccccc2)n1)N(C)Cc1ccc(OC)cc1OC. The van der Waals surface area contributed by atoms with E-state index in [1.165, 1.54) is 0 Å². The topological polar surface area (TPSA) is 63.9 Å². The molecule has 3 rings (SSSR count). The Labute approximate surface area is 171 Å². The van der Waals surface area contributed by atoms with Crippen molar-refractivity contribution in [1.82, 2.24) is 20.0 Å². The van der Waals surface area contributed by atoms with Gasteiger partial charge in [0.05, 0.1) is 32.1 Å². The molecule has 0 aliphatic rings. The van der Waals surface area contributed by atoms with E-state index in [0.29, 0.717) is 13.1 Å². The van der Waals surface area contributed by atoms with E-state index in [0.717, 1.165) is 34.4 Å². The first-order valence-corrected chi connectivity index (χ1v) is 9.37. The van der Waals surface area contributed by atoms with E-state index in [1.807, 2.05) is 77.4 Å². The molecule has 2 aromatic carbocycles. The fourth-order valence-corrected chi connectivity index (χ4v) is 3.05. The molecule has 7 heteroatoms. The lowest BCUT2D eigenvalue weighted by molar-refractivity contribution is 0.382. The van der Waals surface area contributed by atoms with Crippen molar-refractivity contribution in [3.8, 4) is 17.2 Å². The number of ether oxygens (including phenoxy) is 2. The second-order valence-corrected chi connectivity index (χ2v) is 6.52. The van der Waals surface area contributed by atoms with Crippen LogP contribution in [0.25, 0.3) is 5.69 Å². The lowest BCUT2D eigenvalue weighted by atomic mass is 10.2. The van der Waals surface area contributed by atoms with Gasteiger partial charge in [0, 0.05) is 38.5 Å². The van der Waals surface area contributed by atoms with Crippen LogP contribution >= 0.6 is 0 Å². The van der Waals surface area contributed by atoms with Crippen LogP contribution in [0.3, 0.4) is 0 Å². The van der Waals surface area contributed by atoms with Crippen molar-refractivity contribution >= 4 is 5.96 Å². The molecule has 29 heavy (non-hydrogen) atoms. The Kier molecular flexibility index (Phi) is 6.73. The van der Waals surface area contributed by atoms with Crippen molar-refractivity contribution in [2.24, 2.45) is 4.99 Å². The Morgan fingerprint density at radius 1 is 1.10 bits per heavy atom. The van der Waals surface area contributed by atoms with Gasteiger partial charge in [-0.25, -0.2) is 4.68 Å². The molecule has 1 aromatic heterocycles. The van der Waals surface area contributed by atoms with E-state index in [9.17, 15) is 0 Å². The third kappa shape index (κ3) is 5.07. The van der Waals surface area contributed by atoms with Gasteiger partial charge >= 0.3 is 0 Å². The summed E-state index contributed by atoms with van der Waals surface area (Å²) in [5.41, 5.74) is 3.02. The number of benzene rings is 2. The van der Waals surface area contributed by atoms with Gasteiger partial charge in [0.15, 0.2) is 5.96 Å². The van der Waals surface area contributed by atoms with Gasteiger partial charge in [-0.1, -0.05) is 18.2 Å². The maximum Gasteiger partial charge on any atom is 0.194 e. The summed E-state index contributed by atoms with van der Waals surface area (Å²) in [6.45, 7) is 1.22. The number of guanidine groups is 1. The lowest BCUT2D eigenvalue weighted by Crippen LogP contribution is -2.38. The van der Waals surface area contributed by atoms with Crippen molar-refractivity contribution in [3.63, 3.8) is 0 Å². The fraction of sp³-hybridized carbons (Fsp3) is 0.273. The number of aliphatic imine (C=N–C) groups is 1. The van der Waals surface area contributed by atoms with Crippen LogP contribution in [0.5, 0.6) is 11.5 Å². The number of hydrogen-bond acceptors (Lipinski definition) is 4. The molecule has 0 saturated heterocycles. The summed E-state index contributed by atoms with van der Waals surface area (Å²) in [4.78, 5) is 6.42. The Bertz CT molecular complexity index is 953. The highest BCUT2D eigenvalue weighted by atomic mass is 16.5. The van der Waals surface area contributed by atoms with Crippen LogP contribution in [-0.2, 0) is 13.1 Å². The van der Waals surface area contributed by atoms with Crippen molar-refractivity contribution in [3.05, 3.63) is 72.1 Å². The molecule has 0 spiro atoms. The first-order chi connectivity index (χ1) is 14.1. The third-order valence-corrected chi connectivity index (χ3v) is 4.57. The highest BCUT2D eigenvalue weighted by molar-refractivity contribution is 5.79. The van der Waals surface area contributed by atoms with Gasteiger partial charge in [0.2, 0.25) is 0 Å². The molecule has 7 nitrogen and oxygen atoms in total. The molecule has 0 amide bonds. The summed E-state index contributed by atoms with van der Waals surface area (Å²) in [7, 11) is 7.06. The summed E-state index contributed by atoms with van der Waals surface area (Å²) in [5, 5.41) is 7.99. The van der Waals surface area contributed by atoms with Crippen LogP contribution in [0.4, 0.5) is 0 Å². The molecule has 0 radical (unpaired) electrons. The second kappa shape index (κ2) is 9.64. The maximum atomic E-state index is 5.50. The van der Waals surface area contributed by atoms with E-state index in [2.05, 4.69) is 15.4 Å². The summed E-state index contributed by atoms with van der Waals surface area (Å²) in [5.74, 6) is 2.33. The molecule has 3 aromatic rings. The van der Waals surface area contributed by atoms with Crippen LogP contribution in [0.2, 0.25) is 0 Å². The van der Waals surface area contributed by atoms with E-state index in [1.54, 1.807) is 21.3 Å². The predicted molar refractivity (Wildman–Crippen MR) is 115 cm³/mol. The molecular weight excluding hydrogens is 366 g/mol.